The Hall–Kier alpha value is -3.12. The number of hydrogen-bond donors (Lipinski definition) is 1. The third-order valence-corrected chi connectivity index (χ3v) is 3.48. The Morgan fingerprint density at radius 2 is 1.36 bits per heavy atom. The van der Waals surface area contributed by atoms with E-state index in [1.54, 1.807) is 54.6 Å². The van der Waals surface area contributed by atoms with Crippen LogP contribution in [0, 0.1) is 12.4 Å². The highest BCUT2D eigenvalue weighted by Gasteiger charge is 2.07. The van der Waals surface area contributed by atoms with E-state index in [1.165, 1.54) is 6.07 Å². The van der Waals surface area contributed by atoms with Crippen LogP contribution in [0.3, 0.4) is 0 Å². The molecule has 1 N–H and O–H groups in total. The molecular formula is C19H12FNO. The number of halogens is 1. The summed E-state index contributed by atoms with van der Waals surface area (Å²) < 4.78 is 14.4. The first-order valence-electron chi connectivity index (χ1n) is 6.74. The number of hydrogen-bond acceptors (Lipinski definition) is 1. The molecule has 3 aromatic rings. The van der Waals surface area contributed by atoms with Crippen molar-refractivity contribution < 1.29 is 9.50 Å². The van der Waals surface area contributed by atoms with Gasteiger partial charge in [0.05, 0.1) is 6.57 Å². The number of aromatic hydroxyl groups is 1. The van der Waals surface area contributed by atoms with Crippen LogP contribution in [0.1, 0.15) is 0 Å². The Kier molecular flexibility index (Phi) is 3.59. The zero-order valence-corrected chi connectivity index (χ0v) is 11.6. The van der Waals surface area contributed by atoms with Gasteiger partial charge in [0.25, 0.3) is 0 Å². The minimum atomic E-state index is -0.318. The second-order valence-corrected chi connectivity index (χ2v) is 4.90. The van der Waals surface area contributed by atoms with E-state index in [4.69, 9.17) is 6.57 Å². The van der Waals surface area contributed by atoms with E-state index in [-0.39, 0.29) is 11.6 Å². The van der Waals surface area contributed by atoms with Crippen molar-refractivity contribution in [3.8, 4) is 28.0 Å². The fourth-order valence-electron chi connectivity index (χ4n) is 2.30. The summed E-state index contributed by atoms with van der Waals surface area (Å²) in [6, 6.07) is 18.5. The molecule has 106 valence electrons. The van der Waals surface area contributed by atoms with Gasteiger partial charge < -0.3 is 5.11 Å². The van der Waals surface area contributed by atoms with Gasteiger partial charge >= 0.3 is 0 Å². The van der Waals surface area contributed by atoms with E-state index in [2.05, 4.69) is 4.85 Å². The lowest BCUT2D eigenvalue weighted by molar-refractivity contribution is 0.475. The highest BCUT2D eigenvalue weighted by molar-refractivity contribution is 5.72. The standard InChI is InChI=1S/C19H12FNO/c1-21-16-7-2-14(3-8-16)18-11-6-15(12-19(18)20)13-4-9-17(22)10-5-13/h2-12,22H. The highest BCUT2D eigenvalue weighted by Crippen LogP contribution is 2.29. The minimum absolute atomic E-state index is 0.181. The van der Waals surface area contributed by atoms with Gasteiger partial charge in [-0.2, -0.15) is 0 Å². The molecule has 0 bridgehead atoms. The van der Waals surface area contributed by atoms with Crippen molar-refractivity contribution in [2.45, 2.75) is 0 Å². The summed E-state index contributed by atoms with van der Waals surface area (Å²) in [6.07, 6.45) is 0. The van der Waals surface area contributed by atoms with Gasteiger partial charge in [-0.3, -0.25) is 0 Å². The largest absolute Gasteiger partial charge is 0.508 e. The summed E-state index contributed by atoms with van der Waals surface area (Å²) >= 11 is 0. The predicted molar refractivity (Wildman–Crippen MR) is 85.2 cm³/mol. The van der Waals surface area contributed by atoms with Gasteiger partial charge in [-0.05, 0) is 34.9 Å². The lowest BCUT2D eigenvalue weighted by Crippen LogP contribution is -1.86. The first-order valence-corrected chi connectivity index (χ1v) is 6.74. The highest BCUT2D eigenvalue weighted by atomic mass is 19.1. The average molecular weight is 289 g/mol. The van der Waals surface area contributed by atoms with Gasteiger partial charge in [-0.25, -0.2) is 9.24 Å². The first-order chi connectivity index (χ1) is 10.7. The molecule has 0 spiro atoms. The molecule has 0 unspecified atom stereocenters. The normalized spacial score (nSPS) is 10.2. The smallest absolute Gasteiger partial charge is 0.187 e. The quantitative estimate of drug-likeness (QED) is 0.626. The third kappa shape index (κ3) is 2.68. The number of phenolic OH excluding ortho intramolecular Hbond substituents is 1. The molecule has 0 atom stereocenters. The van der Waals surface area contributed by atoms with E-state index in [1.807, 2.05) is 6.07 Å². The number of benzene rings is 3. The van der Waals surface area contributed by atoms with Crippen molar-refractivity contribution in [2.75, 3.05) is 0 Å². The van der Waals surface area contributed by atoms with Crippen LogP contribution in [0.4, 0.5) is 10.1 Å². The molecule has 2 nitrogen and oxygen atoms in total. The molecule has 0 aliphatic rings. The molecule has 0 aliphatic heterocycles. The van der Waals surface area contributed by atoms with E-state index in [9.17, 15) is 9.50 Å². The van der Waals surface area contributed by atoms with Crippen molar-refractivity contribution >= 4 is 5.69 Å². The second-order valence-electron chi connectivity index (χ2n) is 4.90. The zero-order valence-electron chi connectivity index (χ0n) is 11.6. The Morgan fingerprint density at radius 3 is 1.95 bits per heavy atom. The molecule has 0 amide bonds. The maximum atomic E-state index is 14.4. The van der Waals surface area contributed by atoms with E-state index in [0.29, 0.717) is 11.3 Å². The summed E-state index contributed by atoms with van der Waals surface area (Å²) in [5.74, 6) is -0.137. The predicted octanol–water partition coefficient (Wildman–Crippen LogP) is 5.42. The van der Waals surface area contributed by atoms with Crippen LogP contribution >= 0.6 is 0 Å². The number of rotatable bonds is 2. The fraction of sp³-hybridized carbons (Fsp3) is 0. The van der Waals surface area contributed by atoms with Crippen molar-refractivity contribution in [2.24, 2.45) is 0 Å². The topological polar surface area (TPSA) is 24.6 Å². The fourth-order valence-corrected chi connectivity index (χ4v) is 2.30. The van der Waals surface area contributed by atoms with Crippen LogP contribution in [0.5, 0.6) is 5.75 Å². The van der Waals surface area contributed by atoms with Crippen molar-refractivity contribution in [3.05, 3.63) is 84.0 Å². The minimum Gasteiger partial charge on any atom is -0.508 e. The molecule has 3 heteroatoms. The van der Waals surface area contributed by atoms with Crippen LogP contribution in [-0.2, 0) is 0 Å². The Bertz CT molecular complexity index is 846. The SMILES string of the molecule is [C-]#[N+]c1ccc(-c2ccc(-c3ccc(O)cc3)cc2F)cc1. The Labute approximate surface area is 127 Å². The lowest BCUT2D eigenvalue weighted by atomic mass is 9.99. The van der Waals surface area contributed by atoms with Gasteiger partial charge in [0.15, 0.2) is 5.69 Å². The van der Waals surface area contributed by atoms with Gasteiger partial charge in [0.1, 0.15) is 11.6 Å². The summed E-state index contributed by atoms with van der Waals surface area (Å²) in [5, 5.41) is 9.30. The number of phenols is 1. The third-order valence-electron chi connectivity index (χ3n) is 3.48. The monoisotopic (exact) mass is 289 g/mol. The first kappa shape index (κ1) is 13.8. The molecule has 3 rings (SSSR count). The number of nitrogens with zero attached hydrogens (tertiary/aromatic N) is 1. The van der Waals surface area contributed by atoms with Crippen molar-refractivity contribution in [1.82, 2.24) is 0 Å². The summed E-state index contributed by atoms with van der Waals surface area (Å²) in [5.41, 5.74) is 3.36. The molecule has 0 saturated heterocycles. The maximum Gasteiger partial charge on any atom is 0.187 e. The molecule has 0 aliphatic carbocycles. The Morgan fingerprint density at radius 1 is 0.773 bits per heavy atom. The maximum absolute atomic E-state index is 14.4. The van der Waals surface area contributed by atoms with E-state index < -0.39 is 0 Å². The summed E-state index contributed by atoms with van der Waals surface area (Å²) in [6.45, 7) is 6.93. The van der Waals surface area contributed by atoms with Crippen molar-refractivity contribution in [1.29, 1.82) is 0 Å². The van der Waals surface area contributed by atoms with Gasteiger partial charge in [-0.1, -0.05) is 48.5 Å². The molecular weight excluding hydrogens is 277 g/mol. The summed E-state index contributed by atoms with van der Waals surface area (Å²) in [7, 11) is 0. The molecule has 0 fully saturated rings. The van der Waals surface area contributed by atoms with Crippen LogP contribution in [0.25, 0.3) is 27.1 Å². The van der Waals surface area contributed by atoms with Crippen LogP contribution in [0.15, 0.2) is 66.7 Å². The van der Waals surface area contributed by atoms with Gasteiger partial charge in [-0.15, -0.1) is 0 Å². The molecule has 3 aromatic carbocycles. The van der Waals surface area contributed by atoms with Crippen LogP contribution < -0.4 is 0 Å². The van der Waals surface area contributed by atoms with Crippen molar-refractivity contribution in [3.63, 3.8) is 0 Å². The van der Waals surface area contributed by atoms with Crippen LogP contribution in [-0.4, -0.2) is 5.11 Å². The van der Waals surface area contributed by atoms with Gasteiger partial charge in [0, 0.05) is 5.56 Å². The van der Waals surface area contributed by atoms with E-state index >= 15 is 0 Å². The van der Waals surface area contributed by atoms with E-state index in [0.717, 1.165) is 16.7 Å². The molecule has 0 heterocycles. The average Bonchev–Trinajstić information content (AvgIpc) is 2.56. The van der Waals surface area contributed by atoms with Gasteiger partial charge in [0.2, 0.25) is 0 Å². The second kappa shape index (κ2) is 5.71. The molecule has 0 radical (unpaired) electrons. The molecule has 22 heavy (non-hydrogen) atoms. The molecule has 0 aromatic heterocycles. The van der Waals surface area contributed by atoms with Crippen LogP contribution in [0.2, 0.25) is 0 Å². The Balaban J connectivity index is 1.98. The lowest BCUT2D eigenvalue weighted by Gasteiger charge is -2.07. The molecule has 0 saturated carbocycles. The summed E-state index contributed by atoms with van der Waals surface area (Å²) in [4.78, 5) is 3.32. The zero-order chi connectivity index (χ0) is 15.5.